The number of hydrogen-bond donors (Lipinski definition) is 1. The predicted octanol–water partition coefficient (Wildman–Crippen LogP) is 3.15. The molecule has 0 radical (unpaired) electrons. The van der Waals surface area contributed by atoms with Gasteiger partial charge in [0.15, 0.2) is 11.5 Å². The molecule has 0 bridgehead atoms. The summed E-state index contributed by atoms with van der Waals surface area (Å²) in [6, 6.07) is 7.72. The number of fused-ring (bicyclic) bond motifs is 1. The van der Waals surface area contributed by atoms with Gasteiger partial charge in [-0.25, -0.2) is 0 Å². The Morgan fingerprint density at radius 2 is 1.12 bits per heavy atom. The van der Waals surface area contributed by atoms with Crippen LogP contribution in [-0.2, 0) is 0 Å². The van der Waals surface area contributed by atoms with Crippen molar-refractivity contribution in [2.45, 2.75) is 4.90 Å². The molecule has 0 saturated carbocycles. The van der Waals surface area contributed by atoms with E-state index in [1.54, 1.807) is 21.3 Å². The van der Waals surface area contributed by atoms with E-state index in [4.69, 9.17) is 14.2 Å². The molecule has 0 unspecified atom stereocenters. The average Bonchev–Trinajstić information content (AvgIpc) is 2.36. The van der Waals surface area contributed by atoms with Gasteiger partial charge in [-0.1, -0.05) is 0 Å². The third-order valence-corrected chi connectivity index (χ3v) is 2.99. The summed E-state index contributed by atoms with van der Waals surface area (Å²) >= 11 is 4.37. The standard InChI is InChI=1S/C13H14O3S/c1-14-10-4-8-6-12(16-3)13(17)7-9(8)5-11(10)15-2/h4-7,17H,1-3H3. The Labute approximate surface area is 106 Å². The third kappa shape index (κ3) is 2.13. The van der Waals surface area contributed by atoms with Gasteiger partial charge >= 0.3 is 0 Å². The minimum Gasteiger partial charge on any atom is -0.496 e. The van der Waals surface area contributed by atoms with Crippen molar-refractivity contribution in [3.8, 4) is 17.2 Å². The first-order chi connectivity index (χ1) is 8.19. The summed E-state index contributed by atoms with van der Waals surface area (Å²) < 4.78 is 15.8. The second kappa shape index (κ2) is 4.75. The van der Waals surface area contributed by atoms with Crippen molar-refractivity contribution in [3.63, 3.8) is 0 Å². The van der Waals surface area contributed by atoms with E-state index in [2.05, 4.69) is 12.6 Å². The monoisotopic (exact) mass is 250 g/mol. The summed E-state index contributed by atoms with van der Waals surface area (Å²) in [6.07, 6.45) is 0. The first kappa shape index (κ1) is 11.9. The number of benzene rings is 2. The molecule has 2 rings (SSSR count). The van der Waals surface area contributed by atoms with Gasteiger partial charge in [0.05, 0.1) is 21.3 Å². The van der Waals surface area contributed by atoms with Gasteiger partial charge in [-0.3, -0.25) is 0 Å². The highest BCUT2D eigenvalue weighted by Crippen LogP contribution is 2.36. The largest absolute Gasteiger partial charge is 0.496 e. The van der Waals surface area contributed by atoms with Crippen LogP contribution in [0, 0.1) is 0 Å². The molecule has 0 atom stereocenters. The quantitative estimate of drug-likeness (QED) is 0.848. The van der Waals surface area contributed by atoms with Gasteiger partial charge in [-0.05, 0) is 35.0 Å². The van der Waals surface area contributed by atoms with Crippen molar-refractivity contribution in [2.75, 3.05) is 21.3 Å². The van der Waals surface area contributed by atoms with Crippen LogP contribution in [0.25, 0.3) is 10.8 Å². The Kier molecular flexibility index (Phi) is 3.33. The normalized spacial score (nSPS) is 10.4. The van der Waals surface area contributed by atoms with Crippen molar-refractivity contribution in [3.05, 3.63) is 24.3 Å². The predicted molar refractivity (Wildman–Crippen MR) is 70.9 cm³/mol. The summed E-state index contributed by atoms with van der Waals surface area (Å²) in [6.45, 7) is 0. The molecule has 0 fully saturated rings. The van der Waals surface area contributed by atoms with Crippen LogP contribution in [0.3, 0.4) is 0 Å². The summed E-state index contributed by atoms with van der Waals surface area (Å²) in [5, 5.41) is 2.06. The molecule has 0 amide bonds. The van der Waals surface area contributed by atoms with E-state index in [0.717, 1.165) is 21.4 Å². The maximum atomic E-state index is 5.26. The lowest BCUT2D eigenvalue weighted by molar-refractivity contribution is 0.356. The zero-order valence-corrected chi connectivity index (χ0v) is 10.9. The molecule has 0 aromatic heterocycles. The lowest BCUT2D eigenvalue weighted by Crippen LogP contribution is -1.91. The van der Waals surface area contributed by atoms with E-state index in [9.17, 15) is 0 Å². The fraction of sp³-hybridized carbons (Fsp3) is 0.231. The highest BCUT2D eigenvalue weighted by molar-refractivity contribution is 7.80. The second-order valence-corrected chi connectivity index (χ2v) is 4.06. The van der Waals surface area contributed by atoms with E-state index in [0.29, 0.717) is 11.5 Å². The third-order valence-electron chi connectivity index (χ3n) is 2.64. The van der Waals surface area contributed by atoms with E-state index in [1.165, 1.54) is 0 Å². The molecule has 0 N–H and O–H groups in total. The SMILES string of the molecule is COc1cc2cc(OC)c(OC)cc2cc1S. The molecule has 3 nitrogen and oxygen atoms in total. The smallest absolute Gasteiger partial charge is 0.161 e. The van der Waals surface area contributed by atoms with Gasteiger partial charge < -0.3 is 14.2 Å². The van der Waals surface area contributed by atoms with Gasteiger partial charge in [-0.15, -0.1) is 12.6 Å². The van der Waals surface area contributed by atoms with Crippen LogP contribution in [0.4, 0.5) is 0 Å². The molecule has 0 saturated heterocycles. The van der Waals surface area contributed by atoms with Crippen LogP contribution < -0.4 is 14.2 Å². The van der Waals surface area contributed by atoms with Crippen molar-refractivity contribution in [1.82, 2.24) is 0 Å². The zero-order chi connectivity index (χ0) is 12.4. The van der Waals surface area contributed by atoms with E-state index >= 15 is 0 Å². The van der Waals surface area contributed by atoms with Crippen LogP contribution in [-0.4, -0.2) is 21.3 Å². The minimum atomic E-state index is 0.703. The maximum Gasteiger partial charge on any atom is 0.161 e. The molecule has 4 heteroatoms. The first-order valence-electron chi connectivity index (χ1n) is 5.12. The Balaban J connectivity index is 2.70. The molecule has 2 aromatic carbocycles. The number of ether oxygens (including phenoxy) is 3. The Morgan fingerprint density at radius 3 is 1.59 bits per heavy atom. The Morgan fingerprint density at radius 1 is 0.706 bits per heavy atom. The lowest BCUT2D eigenvalue weighted by atomic mass is 10.1. The molecule has 0 aliphatic carbocycles. The lowest BCUT2D eigenvalue weighted by Gasteiger charge is -2.11. The average molecular weight is 250 g/mol. The summed E-state index contributed by atoms with van der Waals surface area (Å²) in [5.74, 6) is 2.15. The van der Waals surface area contributed by atoms with E-state index in [-0.39, 0.29) is 0 Å². The van der Waals surface area contributed by atoms with Crippen LogP contribution in [0.2, 0.25) is 0 Å². The molecule has 0 aliphatic rings. The van der Waals surface area contributed by atoms with Crippen LogP contribution in [0.1, 0.15) is 0 Å². The molecular formula is C13H14O3S. The van der Waals surface area contributed by atoms with Crippen LogP contribution in [0.15, 0.2) is 29.2 Å². The number of hydrogen-bond acceptors (Lipinski definition) is 4. The fourth-order valence-electron chi connectivity index (χ4n) is 1.76. The Bertz CT molecular complexity index is 552. The van der Waals surface area contributed by atoms with E-state index < -0.39 is 0 Å². The molecule has 2 aromatic rings. The topological polar surface area (TPSA) is 27.7 Å². The molecule has 17 heavy (non-hydrogen) atoms. The van der Waals surface area contributed by atoms with Gasteiger partial charge in [0, 0.05) is 4.90 Å². The van der Waals surface area contributed by atoms with Crippen LogP contribution >= 0.6 is 12.6 Å². The number of rotatable bonds is 3. The highest BCUT2D eigenvalue weighted by atomic mass is 32.1. The fourth-order valence-corrected chi connectivity index (χ4v) is 2.05. The summed E-state index contributed by atoms with van der Waals surface area (Å²) in [4.78, 5) is 0.798. The van der Waals surface area contributed by atoms with Crippen molar-refractivity contribution < 1.29 is 14.2 Å². The van der Waals surface area contributed by atoms with Gasteiger partial charge in [0.2, 0.25) is 0 Å². The van der Waals surface area contributed by atoms with E-state index in [1.807, 2.05) is 24.3 Å². The zero-order valence-electron chi connectivity index (χ0n) is 9.98. The molecule has 0 spiro atoms. The summed E-state index contributed by atoms with van der Waals surface area (Å²) in [7, 11) is 4.87. The van der Waals surface area contributed by atoms with Gasteiger partial charge in [0.1, 0.15) is 5.75 Å². The highest BCUT2D eigenvalue weighted by Gasteiger charge is 2.08. The number of thiol groups is 1. The molecule has 0 heterocycles. The maximum absolute atomic E-state index is 5.26. The number of methoxy groups -OCH3 is 3. The minimum absolute atomic E-state index is 0.703. The van der Waals surface area contributed by atoms with Crippen molar-refractivity contribution in [2.24, 2.45) is 0 Å². The second-order valence-electron chi connectivity index (χ2n) is 3.58. The van der Waals surface area contributed by atoms with Gasteiger partial charge in [0.25, 0.3) is 0 Å². The Hall–Kier alpha value is -1.55. The van der Waals surface area contributed by atoms with Gasteiger partial charge in [-0.2, -0.15) is 0 Å². The van der Waals surface area contributed by atoms with Crippen molar-refractivity contribution in [1.29, 1.82) is 0 Å². The molecule has 0 aliphatic heterocycles. The first-order valence-corrected chi connectivity index (χ1v) is 5.57. The van der Waals surface area contributed by atoms with Crippen molar-refractivity contribution >= 4 is 23.4 Å². The molecule has 90 valence electrons. The van der Waals surface area contributed by atoms with Crippen LogP contribution in [0.5, 0.6) is 17.2 Å². The summed E-state index contributed by atoms with van der Waals surface area (Å²) in [5.41, 5.74) is 0. The molecular weight excluding hydrogens is 236 g/mol.